The number of likely N-dealkylation sites (tertiary alicyclic amines) is 1. The molecule has 1 aliphatic rings. The van der Waals surface area contributed by atoms with Crippen molar-refractivity contribution < 1.29 is 9.21 Å². The van der Waals surface area contributed by atoms with Crippen LogP contribution in [-0.4, -0.2) is 23.9 Å². The summed E-state index contributed by atoms with van der Waals surface area (Å²) in [5, 5.41) is 3.23. The van der Waals surface area contributed by atoms with E-state index in [1.165, 1.54) is 0 Å². The maximum atomic E-state index is 11.9. The Labute approximate surface area is 108 Å². The number of hydrogen-bond donors (Lipinski definition) is 1. The van der Waals surface area contributed by atoms with Crippen molar-refractivity contribution >= 4 is 5.91 Å². The molecule has 1 aromatic heterocycles. The summed E-state index contributed by atoms with van der Waals surface area (Å²) in [6.07, 6.45) is 3.98. The summed E-state index contributed by atoms with van der Waals surface area (Å²) in [7, 11) is 0. The van der Waals surface area contributed by atoms with Gasteiger partial charge in [0.05, 0.1) is 13.1 Å². The first kappa shape index (κ1) is 13.1. The fourth-order valence-electron chi connectivity index (χ4n) is 2.24. The lowest BCUT2D eigenvalue weighted by atomic mass is 10.2. The smallest absolute Gasteiger partial charge is 0.222 e. The molecule has 0 saturated carbocycles. The molecule has 2 rings (SSSR count). The van der Waals surface area contributed by atoms with Gasteiger partial charge >= 0.3 is 0 Å². The topological polar surface area (TPSA) is 45.5 Å². The van der Waals surface area contributed by atoms with Crippen molar-refractivity contribution in [2.45, 2.75) is 45.7 Å². The standard InChI is InChI=1S/C14H22N2O2/c1-2-15-10-12-7-8-13(18-12)11-16-9-5-3-4-6-14(16)17/h7-8,15H,2-6,9-11H2,1H3. The Hall–Kier alpha value is -1.29. The summed E-state index contributed by atoms with van der Waals surface area (Å²) in [5.41, 5.74) is 0. The Bertz CT molecular complexity index is 387. The summed E-state index contributed by atoms with van der Waals surface area (Å²) in [6, 6.07) is 3.96. The van der Waals surface area contributed by atoms with Gasteiger partial charge in [0.15, 0.2) is 0 Å². The average Bonchev–Trinajstić information content (AvgIpc) is 2.72. The summed E-state index contributed by atoms with van der Waals surface area (Å²) in [5.74, 6) is 2.09. The van der Waals surface area contributed by atoms with Gasteiger partial charge in [-0.2, -0.15) is 0 Å². The molecule has 2 heterocycles. The van der Waals surface area contributed by atoms with Gasteiger partial charge in [-0.05, 0) is 31.5 Å². The predicted octanol–water partition coefficient (Wildman–Crippen LogP) is 2.29. The van der Waals surface area contributed by atoms with Crippen LogP contribution in [-0.2, 0) is 17.9 Å². The van der Waals surface area contributed by atoms with E-state index in [2.05, 4.69) is 12.2 Å². The van der Waals surface area contributed by atoms with E-state index < -0.39 is 0 Å². The minimum Gasteiger partial charge on any atom is -0.463 e. The van der Waals surface area contributed by atoms with E-state index in [1.807, 2.05) is 17.0 Å². The maximum Gasteiger partial charge on any atom is 0.222 e. The highest BCUT2D eigenvalue weighted by Gasteiger charge is 2.17. The molecule has 1 fully saturated rings. The highest BCUT2D eigenvalue weighted by molar-refractivity contribution is 5.76. The molecule has 1 aliphatic heterocycles. The Kier molecular flexibility index (Phi) is 4.81. The van der Waals surface area contributed by atoms with E-state index in [4.69, 9.17) is 4.42 Å². The van der Waals surface area contributed by atoms with Gasteiger partial charge in [0.1, 0.15) is 11.5 Å². The Morgan fingerprint density at radius 2 is 2.11 bits per heavy atom. The van der Waals surface area contributed by atoms with Gasteiger partial charge in [-0.15, -0.1) is 0 Å². The minimum absolute atomic E-state index is 0.261. The third-order valence-electron chi connectivity index (χ3n) is 3.28. The predicted molar refractivity (Wildman–Crippen MR) is 70.0 cm³/mol. The monoisotopic (exact) mass is 250 g/mol. The molecule has 0 bridgehead atoms. The van der Waals surface area contributed by atoms with Gasteiger partial charge in [-0.3, -0.25) is 4.79 Å². The average molecular weight is 250 g/mol. The maximum absolute atomic E-state index is 11.9. The molecule has 0 aliphatic carbocycles. The molecule has 0 unspecified atom stereocenters. The lowest BCUT2D eigenvalue weighted by Crippen LogP contribution is -2.29. The molecule has 1 N–H and O–H groups in total. The van der Waals surface area contributed by atoms with Crippen molar-refractivity contribution in [3.63, 3.8) is 0 Å². The Morgan fingerprint density at radius 1 is 1.28 bits per heavy atom. The molecule has 1 amide bonds. The number of carbonyl (C=O) groups is 1. The van der Waals surface area contributed by atoms with E-state index in [0.29, 0.717) is 13.0 Å². The second kappa shape index (κ2) is 6.59. The molecule has 0 radical (unpaired) electrons. The van der Waals surface area contributed by atoms with Gasteiger partial charge in [-0.25, -0.2) is 0 Å². The van der Waals surface area contributed by atoms with Crippen LogP contribution < -0.4 is 5.32 Å². The van der Waals surface area contributed by atoms with Gasteiger partial charge in [-0.1, -0.05) is 13.3 Å². The zero-order chi connectivity index (χ0) is 12.8. The van der Waals surface area contributed by atoms with Crippen LogP contribution >= 0.6 is 0 Å². The lowest BCUT2D eigenvalue weighted by Gasteiger charge is -2.18. The minimum atomic E-state index is 0.261. The third-order valence-corrected chi connectivity index (χ3v) is 3.28. The molecule has 0 spiro atoms. The number of carbonyl (C=O) groups excluding carboxylic acids is 1. The van der Waals surface area contributed by atoms with Crippen LogP contribution in [0.25, 0.3) is 0 Å². The first-order chi connectivity index (χ1) is 8.79. The zero-order valence-electron chi connectivity index (χ0n) is 11.1. The van der Waals surface area contributed by atoms with Gasteiger partial charge < -0.3 is 14.6 Å². The fraction of sp³-hybridized carbons (Fsp3) is 0.643. The van der Waals surface area contributed by atoms with Gasteiger partial charge in [0.2, 0.25) is 5.91 Å². The van der Waals surface area contributed by atoms with E-state index in [1.54, 1.807) is 0 Å². The number of hydrogen-bond acceptors (Lipinski definition) is 3. The first-order valence-corrected chi connectivity index (χ1v) is 6.85. The van der Waals surface area contributed by atoms with E-state index in [-0.39, 0.29) is 5.91 Å². The van der Waals surface area contributed by atoms with Gasteiger partial charge in [0, 0.05) is 13.0 Å². The molecule has 0 aromatic carbocycles. The van der Waals surface area contributed by atoms with Crippen molar-refractivity contribution in [1.82, 2.24) is 10.2 Å². The number of furan rings is 1. The Morgan fingerprint density at radius 3 is 2.94 bits per heavy atom. The molecular formula is C14H22N2O2. The molecule has 4 nitrogen and oxygen atoms in total. The van der Waals surface area contributed by atoms with Crippen LogP contribution in [0, 0.1) is 0 Å². The first-order valence-electron chi connectivity index (χ1n) is 6.85. The normalized spacial score (nSPS) is 16.9. The van der Waals surface area contributed by atoms with E-state index >= 15 is 0 Å². The van der Waals surface area contributed by atoms with Crippen molar-refractivity contribution in [3.8, 4) is 0 Å². The fourth-order valence-corrected chi connectivity index (χ4v) is 2.24. The Balaban J connectivity index is 1.91. The SMILES string of the molecule is CCNCc1ccc(CN2CCCCCC2=O)o1. The summed E-state index contributed by atoms with van der Waals surface area (Å²) in [4.78, 5) is 13.8. The number of rotatable bonds is 5. The number of nitrogens with one attached hydrogen (secondary N) is 1. The third kappa shape index (κ3) is 3.60. The summed E-state index contributed by atoms with van der Waals surface area (Å²) in [6.45, 7) is 5.23. The van der Waals surface area contributed by atoms with Crippen LogP contribution in [0.2, 0.25) is 0 Å². The largest absolute Gasteiger partial charge is 0.463 e. The molecule has 18 heavy (non-hydrogen) atoms. The van der Waals surface area contributed by atoms with Crippen molar-refractivity contribution in [1.29, 1.82) is 0 Å². The molecule has 1 aromatic rings. The lowest BCUT2D eigenvalue weighted by molar-refractivity contribution is -0.131. The molecule has 1 saturated heterocycles. The second-order valence-electron chi connectivity index (χ2n) is 4.77. The summed E-state index contributed by atoms with van der Waals surface area (Å²) >= 11 is 0. The van der Waals surface area contributed by atoms with Crippen LogP contribution in [0.4, 0.5) is 0 Å². The second-order valence-corrected chi connectivity index (χ2v) is 4.77. The molecule has 100 valence electrons. The quantitative estimate of drug-likeness (QED) is 0.872. The molecular weight excluding hydrogens is 228 g/mol. The number of nitrogens with zero attached hydrogens (tertiary/aromatic N) is 1. The van der Waals surface area contributed by atoms with Crippen LogP contribution in [0.1, 0.15) is 44.1 Å². The van der Waals surface area contributed by atoms with Crippen LogP contribution in [0.5, 0.6) is 0 Å². The molecule has 0 atom stereocenters. The van der Waals surface area contributed by atoms with Crippen molar-refractivity contribution in [2.75, 3.05) is 13.1 Å². The van der Waals surface area contributed by atoms with Gasteiger partial charge in [0.25, 0.3) is 0 Å². The molecule has 4 heteroatoms. The van der Waals surface area contributed by atoms with E-state index in [9.17, 15) is 4.79 Å². The van der Waals surface area contributed by atoms with Crippen LogP contribution in [0.3, 0.4) is 0 Å². The van der Waals surface area contributed by atoms with Crippen molar-refractivity contribution in [3.05, 3.63) is 23.7 Å². The van der Waals surface area contributed by atoms with Crippen molar-refractivity contribution in [2.24, 2.45) is 0 Å². The zero-order valence-corrected chi connectivity index (χ0v) is 11.1. The highest BCUT2D eigenvalue weighted by Crippen LogP contribution is 2.16. The summed E-state index contributed by atoms with van der Waals surface area (Å²) < 4.78 is 5.72. The van der Waals surface area contributed by atoms with Crippen LogP contribution in [0.15, 0.2) is 16.5 Å². The number of amides is 1. The van der Waals surface area contributed by atoms with E-state index in [0.717, 1.165) is 50.4 Å². The highest BCUT2D eigenvalue weighted by atomic mass is 16.3.